The van der Waals surface area contributed by atoms with Gasteiger partial charge in [-0.25, -0.2) is 14.8 Å². The number of esters is 1. The largest absolute Gasteiger partial charge is 0.462 e. The topological polar surface area (TPSA) is 52.1 Å². The smallest absolute Gasteiger partial charge is 0.330 e. The Morgan fingerprint density at radius 3 is 2.44 bits per heavy atom. The Morgan fingerprint density at radius 2 is 1.84 bits per heavy atom. The van der Waals surface area contributed by atoms with Crippen LogP contribution in [0.4, 0.5) is 0 Å². The maximum absolute atomic E-state index is 11.7. The van der Waals surface area contributed by atoms with Crippen LogP contribution >= 0.6 is 0 Å². The lowest BCUT2D eigenvalue weighted by molar-refractivity contribution is -0.138. The minimum Gasteiger partial charge on any atom is -0.462 e. The molecule has 0 aliphatic rings. The van der Waals surface area contributed by atoms with Crippen LogP contribution in [-0.4, -0.2) is 22.5 Å². The first-order chi connectivity index (χ1) is 12.1. The van der Waals surface area contributed by atoms with Gasteiger partial charge in [-0.3, -0.25) is 0 Å². The highest BCUT2D eigenvalue weighted by Crippen LogP contribution is 2.16. The first kappa shape index (κ1) is 18.8. The highest BCUT2D eigenvalue weighted by Gasteiger charge is 2.03. The lowest BCUT2D eigenvalue weighted by atomic mass is 10.1. The molecule has 0 N–H and O–H groups in total. The van der Waals surface area contributed by atoms with E-state index in [0.29, 0.717) is 18.3 Å². The Labute approximate surface area is 150 Å². The maximum atomic E-state index is 11.7. The van der Waals surface area contributed by atoms with E-state index >= 15 is 0 Å². The molecular weight excluding hydrogens is 312 g/mol. The molecule has 0 saturated heterocycles. The third-order valence-corrected chi connectivity index (χ3v) is 4.03. The van der Waals surface area contributed by atoms with E-state index in [1.807, 2.05) is 36.7 Å². The number of carbonyl (C=O) groups excluding carboxylic acids is 1. The van der Waals surface area contributed by atoms with Crippen LogP contribution in [0.2, 0.25) is 0 Å². The number of hydrogen-bond acceptors (Lipinski definition) is 4. The second-order valence-corrected chi connectivity index (χ2v) is 6.26. The minimum atomic E-state index is -0.306. The molecule has 0 amide bonds. The number of benzene rings is 1. The second-order valence-electron chi connectivity index (χ2n) is 6.26. The van der Waals surface area contributed by atoms with Crippen LogP contribution in [0.25, 0.3) is 17.5 Å². The van der Waals surface area contributed by atoms with Crippen LogP contribution in [-0.2, 0) is 16.0 Å². The summed E-state index contributed by atoms with van der Waals surface area (Å²) in [4.78, 5) is 20.5. The van der Waals surface area contributed by atoms with E-state index in [1.54, 1.807) is 6.08 Å². The minimum absolute atomic E-state index is 0.306. The molecule has 1 aromatic carbocycles. The van der Waals surface area contributed by atoms with Crippen LogP contribution in [0.1, 0.15) is 44.7 Å². The Balaban J connectivity index is 1.95. The van der Waals surface area contributed by atoms with Crippen molar-refractivity contribution < 1.29 is 9.53 Å². The third-order valence-electron chi connectivity index (χ3n) is 4.03. The molecule has 0 saturated carbocycles. The zero-order valence-corrected chi connectivity index (χ0v) is 15.2. The van der Waals surface area contributed by atoms with Gasteiger partial charge in [0, 0.05) is 24.0 Å². The maximum Gasteiger partial charge on any atom is 0.330 e. The number of rotatable bonds is 8. The summed E-state index contributed by atoms with van der Waals surface area (Å²) in [7, 11) is 0. The van der Waals surface area contributed by atoms with Crippen LogP contribution in [0.3, 0.4) is 0 Å². The van der Waals surface area contributed by atoms with Crippen molar-refractivity contribution in [3.63, 3.8) is 0 Å². The van der Waals surface area contributed by atoms with Gasteiger partial charge in [-0.15, -0.1) is 0 Å². The third kappa shape index (κ3) is 6.14. The monoisotopic (exact) mass is 338 g/mol. The van der Waals surface area contributed by atoms with Crippen LogP contribution in [0.5, 0.6) is 0 Å². The normalized spacial score (nSPS) is 12.3. The lowest BCUT2D eigenvalue weighted by Crippen LogP contribution is -2.08. The van der Waals surface area contributed by atoms with Crippen molar-refractivity contribution >= 4 is 12.0 Å². The lowest BCUT2D eigenvalue weighted by Gasteiger charge is -2.07. The fourth-order valence-electron chi connectivity index (χ4n) is 2.22. The van der Waals surface area contributed by atoms with E-state index < -0.39 is 0 Å². The molecule has 132 valence electrons. The molecule has 1 atom stereocenters. The molecule has 0 bridgehead atoms. The van der Waals surface area contributed by atoms with E-state index in [2.05, 4.69) is 30.7 Å². The van der Waals surface area contributed by atoms with Gasteiger partial charge >= 0.3 is 5.97 Å². The molecule has 4 nitrogen and oxygen atoms in total. The van der Waals surface area contributed by atoms with Crippen LogP contribution in [0.15, 0.2) is 42.7 Å². The zero-order valence-electron chi connectivity index (χ0n) is 15.2. The molecule has 0 aliphatic carbocycles. The average molecular weight is 338 g/mol. The number of hydrogen-bond donors (Lipinski definition) is 0. The van der Waals surface area contributed by atoms with Crippen LogP contribution in [0, 0.1) is 5.92 Å². The quantitative estimate of drug-likeness (QED) is 0.517. The molecule has 1 aromatic heterocycles. The van der Waals surface area contributed by atoms with Crippen molar-refractivity contribution in [1.29, 1.82) is 0 Å². The number of ether oxygens (including phenoxy) is 1. The molecule has 1 unspecified atom stereocenters. The van der Waals surface area contributed by atoms with E-state index in [-0.39, 0.29) is 5.97 Å². The molecule has 4 heteroatoms. The molecule has 0 aliphatic heterocycles. The fraction of sp³-hybridized carbons (Fsp3) is 0.381. The molecule has 0 fully saturated rings. The fourth-order valence-corrected chi connectivity index (χ4v) is 2.22. The molecule has 2 aromatic rings. The van der Waals surface area contributed by atoms with Crippen LogP contribution < -0.4 is 0 Å². The van der Waals surface area contributed by atoms with E-state index in [4.69, 9.17) is 4.74 Å². The summed E-state index contributed by atoms with van der Waals surface area (Å²) in [6, 6.07) is 7.80. The van der Waals surface area contributed by atoms with Crippen molar-refractivity contribution in [1.82, 2.24) is 9.97 Å². The zero-order chi connectivity index (χ0) is 18.1. The number of aryl methyl sites for hydroxylation is 1. The van der Waals surface area contributed by atoms with Gasteiger partial charge in [-0.2, -0.15) is 0 Å². The molecule has 2 rings (SSSR count). The van der Waals surface area contributed by atoms with Gasteiger partial charge in [-0.1, -0.05) is 57.9 Å². The van der Waals surface area contributed by atoms with E-state index in [9.17, 15) is 4.79 Å². The van der Waals surface area contributed by atoms with Gasteiger partial charge in [0.1, 0.15) is 0 Å². The molecule has 0 radical (unpaired) electrons. The first-order valence-corrected chi connectivity index (χ1v) is 8.88. The molecule has 25 heavy (non-hydrogen) atoms. The van der Waals surface area contributed by atoms with E-state index in [1.165, 1.54) is 6.08 Å². The second kappa shape index (κ2) is 9.72. The van der Waals surface area contributed by atoms with Crippen molar-refractivity contribution in [2.24, 2.45) is 5.92 Å². The highest BCUT2D eigenvalue weighted by molar-refractivity contribution is 5.87. The predicted octanol–water partition coefficient (Wildman–Crippen LogP) is 4.70. The summed E-state index contributed by atoms with van der Waals surface area (Å²) < 4.78 is 5.19. The Bertz CT molecular complexity index is 691. The van der Waals surface area contributed by atoms with Crippen molar-refractivity contribution in [2.45, 2.75) is 40.0 Å². The summed E-state index contributed by atoms with van der Waals surface area (Å²) in [6.07, 6.45) is 10.1. The summed E-state index contributed by atoms with van der Waals surface area (Å²) in [5.41, 5.74) is 3.05. The van der Waals surface area contributed by atoms with Crippen molar-refractivity contribution in [3.05, 3.63) is 53.9 Å². The standard InChI is InChI=1S/C21H26N2O2/c1-4-6-18-13-22-21(23-14-18)19-10-7-17(8-11-19)9-12-20(24)25-15-16(3)5-2/h7-14,16H,4-6,15H2,1-3H3/b12-9+. The van der Waals surface area contributed by atoms with Gasteiger partial charge in [0.2, 0.25) is 0 Å². The summed E-state index contributed by atoms with van der Waals surface area (Å²) in [5, 5.41) is 0. The molecule has 0 spiro atoms. The molecular formula is C21H26N2O2. The van der Waals surface area contributed by atoms with Crippen molar-refractivity contribution in [3.8, 4) is 11.4 Å². The van der Waals surface area contributed by atoms with Gasteiger partial charge in [0.15, 0.2) is 5.82 Å². The highest BCUT2D eigenvalue weighted by atomic mass is 16.5. The van der Waals surface area contributed by atoms with Gasteiger partial charge in [-0.05, 0) is 29.5 Å². The predicted molar refractivity (Wildman–Crippen MR) is 101 cm³/mol. The Kier molecular flexibility index (Phi) is 7.33. The average Bonchev–Trinajstić information content (AvgIpc) is 2.65. The Morgan fingerprint density at radius 1 is 1.16 bits per heavy atom. The van der Waals surface area contributed by atoms with Crippen molar-refractivity contribution in [2.75, 3.05) is 6.61 Å². The summed E-state index contributed by atoms with van der Waals surface area (Å²) in [6.45, 7) is 6.74. The molecule has 1 heterocycles. The summed E-state index contributed by atoms with van der Waals surface area (Å²) >= 11 is 0. The van der Waals surface area contributed by atoms with Gasteiger partial charge in [0.25, 0.3) is 0 Å². The number of carbonyl (C=O) groups is 1. The van der Waals surface area contributed by atoms with Gasteiger partial charge in [0.05, 0.1) is 6.61 Å². The number of aromatic nitrogens is 2. The van der Waals surface area contributed by atoms with E-state index in [0.717, 1.165) is 36.0 Å². The van der Waals surface area contributed by atoms with Gasteiger partial charge < -0.3 is 4.74 Å². The first-order valence-electron chi connectivity index (χ1n) is 8.88. The Hall–Kier alpha value is -2.49. The summed E-state index contributed by atoms with van der Waals surface area (Å²) in [5.74, 6) is 0.794. The number of nitrogens with zero attached hydrogens (tertiary/aromatic N) is 2. The SMILES string of the molecule is CCCc1cnc(-c2ccc(/C=C/C(=O)OCC(C)CC)cc2)nc1.